The Hall–Kier alpha value is -0.603. The van der Waals surface area contributed by atoms with Crippen LogP contribution in [0.5, 0.6) is 0 Å². The van der Waals surface area contributed by atoms with Crippen molar-refractivity contribution in [3.63, 3.8) is 0 Å². The highest BCUT2D eigenvalue weighted by Gasteiger charge is 1.90. The van der Waals surface area contributed by atoms with E-state index in [4.69, 9.17) is 4.43 Å². The number of rotatable bonds is 4. The third-order valence-corrected chi connectivity index (χ3v) is 2.76. The molecule has 0 radical (unpaired) electrons. The van der Waals surface area contributed by atoms with E-state index in [0.717, 1.165) is 13.0 Å². The van der Waals surface area contributed by atoms with Gasteiger partial charge in [0.25, 0.3) is 0 Å². The molecule has 0 spiro atoms. The summed E-state index contributed by atoms with van der Waals surface area (Å²) in [6.07, 6.45) is 1.12. The SMILES string of the molecule is CCCO[SiH2]c1ccccc1. The van der Waals surface area contributed by atoms with Gasteiger partial charge in [0.15, 0.2) is 9.76 Å². The summed E-state index contributed by atoms with van der Waals surface area (Å²) in [4.78, 5) is 0. The van der Waals surface area contributed by atoms with Crippen molar-refractivity contribution in [2.24, 2.45) is 0 Å². The van der Waals surface area contributed by atoms with E-state index in [2.05, 4.69) is 31.2 Å². The third kappa shape index (κ3) is 3.35. The first-order valence-corrected chi connectivity index (χ1v) is 5.33. The summed E-state index contributed by atoms with van der Waals surface area (Å²) in [5.74, 6) is 0. The topological polar surface area (TPSA) is 9.23 Å². The van der Waals surface area contributed by atoms with Crippen LogP contribution in [0, 0.1) is 0 Å². The largest absolute Gasteiger partial charge is 0.419 e. The highest BCUT2D eigenvalue weighted by Crippen LogP contribution is 1.83. The molecular formula is C9H14OSi. The lowest BCUT2D eigenvalue weighted by Gasteiger charge is -2.00. The molecule has 0 aliphatic rings. The second-order valence-electron chi connectivity index (χ2n) is 2.54. The molecule has 1 nitrogen and oxygen atoms in total. The molecule has 0 fully saturated rings. The summed E-state index contributed by atoms with van der Waals surface area (Å²) >= 11 is 0. The molecule has 11 heavy (non-hydrogen) atoms. The average Bonchev–Trinajstić information content (AvgIpc) is 2.07. The van der Waals surface area contributed by atoms with Crippen molar-refractivity contribution >= 4 is 14.9 Å². The van der Waals surface area contributed by atoms with Gasteiger partial charge in [0, 0.05) is 6.61 Å². The van der Waals surface area contributed by atoms with Gasteiger partial charge in [-0.15, -0.1) is 0 Å². The van der Waals surface area contributed by atoms with Crippen molar-refractivity contribution in [1.29, 1.82) is 0 Å². The van der Waals surface area contributed by atoms with Gasteiger partial charge in [-0.25, -0.2) is 0 Å². The van der Waals surface area contributed by atoms with E-state index in [9.17, 15) is 0 Å². The first-order valence-electron chi connectivity index (χ1n) is 4.05. The lowest BCUT2D eigenvalue weighted by Crippen LogP contribution is -2.16. The van der Waals surface area contributed by atoms with E-state index in [1.54, 1.807) is 0 Å². The van der Waals surface area contributed by atoms with Crippen LogP contribution in [-0.2, 0) is 4.43 Å². The minimum atomic E-state index is -0.422. The second kappa shape index (κ2) is 5.10. The van der Waals surface area contributed by atoms with E-state index >= 15 is 0 Å². The number of hydrogen-bond acceptors (Lipinski definition) is 1. The van der Waals surface area contributed by atoms with Crippen LogP contribution < -0.4 is 5.19 Å². The lowest BCUT2D eigenvalue weighted by molar-refractivity contribution is 0.341. The summed E-state index contributed by atoms with van der Waals surface area (Å²) < 4.78 is 5.51. The highest BCUT2D eigenvalue weighted by atomic mass is 28.2. The molecule has 0 N–H and O–H groups in total. The summed E-state index contributed by atoms with van der Waals surface area (Å²) in [7, 11) is -0.422. The Morgan fingerprint density at radius 1 is 1.27 bits per heavy atom. The van der Waals surface area contributed by atoms with E-state index in [-0.39, 0.29) is 0 Å². The van der Waals surface area contributed by atoms with E-state index in [1.807, 2.05) is 6.07 Å². The zero-order valence-electron chi connectivity index (χ0n) is 6.92. The molecule has 1 aromatic carbocycles. The standard InChI is InChI=1S/C9H14OSi/c1-2-8-10-11-9-6-4-3-5-7-9/h3-7H,2,8,11H2,1H3. The predicted octanol–water partition coefficient (Wildman–Crippen LogP) is 0.822. The summed E-state index contributed by atoms with van der Waals surface area (Å²) in [5, 5.41) is 1.39. The van der Waals surface area contributed by atoms with E-state index < -0.39 is 9.76 Å². The fourth-order valence-corrected chi connectivity index (χ4v) is 2.04. The Kier molecular flexibility index (Phi) is 3.94. The van der Waals surface area contributed by atoms with Gasteiger partial charge in [-0.05, 0) is 11.6 Å². The monoisotopic (exact) mass is 166 g/mol. The smallest absolute Gasteiger partial charge is 0.192 e. The van der Waals surface area contributed by atoms with Crippen molar-refractivity contribution in [1.82, 2.24) is 0 Å². The zero-order chi connectivity index (χ0) is 7.94. The molecule has 0 saturated carbocycles. The normalized spacial score (nSPS) is 11.0. The van der Waals surface area contributed by atoms with Crippen LogP contribution in [0.4, 0.5) is 0 Å². The maximum atomic E-state index is 5.51. The van der Waals surface area contributed by atoms with Crippen molar-refractivity contribution in [3.05, 3.63) is 30.3 Å². The van der Waals surface area contributed by atoms with Gasteiger partial charge >= 0.3 is 0 Å². The molecular weight excluding hydrogens is 152 g/mol. The highest BCUT2D eigenvalue weighted by molar-refractivity contribution is 6.46. The molecule has 0 amide bonds. The predicted molar refractivity (Wildman–Crippen MR) is 50.9 cm³/mol. The second-order valence-corrected chi connectivity index (χ2v) is 4.05. The minimum absolute atomic E-state index is 0.422. The first-order chi connectivity index (χ1) is 5.43. The Labute approximate surface area is 70.3 Å². The molecule has 60 valence electrons. The molecule has 0 aromatic heterocycles. The van der Waals surface area contributed by atoms with E-state index in [0.29, 0.717) is 0 Å². The maximum Gasteiger partial charge on any atom is 0.192 e. The Morgan fingerprint density at radius 2 is 2.00 bits per heavy atom. The van der Waals surface area contributed by atoms with Gasteiger partial charge in [0.2, 0.25) is 0 Å². The van der Waals surface area contributed by atoms with Crippen LogP contribution in [0.1, 0.15) is 13.3 Å². The third-order valence-electron chi connectivity index (χ3n) is 1.46. The van der Waals surface area contributed by atoms with Gasteiger partial charge in [-0.2, -0.15) is 0 Å². The molecule has 1 rings (SSSR count). The van der Waals surface area contributed by atoms with Crippen molar-refractivity contribution < 1.29 is 4.43 Å². The summed E-state index contributed by atoms with van der Waals surface area (Å²) in [6, 6.07) is 10.5. The molecule has 0 bridgehead atoms. The molecule has 0 heterocycles. The van der Waals surface area contributed by atoms with E-state index in [1.165, 1.54) is 5.19 Å². The van der Waals surface area contributed by atoms with Crippen LogP contribution in [-0.4, -0.2) is 16.4 Å². The molecule has 0 atom stereocenters. The molecule has 0 aliphatic carbocycles. The van der Waals surface area contributed by atoms with Gasteiger partial charge in [0.05, 0.1) is 0 Å². The molecule has 0 saturated heterocycles. The summed E-state index contributed by atoms with van der Waals surface area (Å²) in [6.45, 7) is 3.06. The lowest BCUT2D eigenvalue weighted by atomic mass is 10.4. The minimum Gasteiger partial charge on any atom is -0.419 e. The molecule has 0 unspecified atom stereocenters. The van der Waals surface area contributed by atoms with Gasteiger partial charge in [-0.3, -0.25) is 0 Å². The fraction of sp³-hybridized carbons (Fsp3) is 0.333. The van der Waals surface area contributed by atoms with Crippen molar-refractivity contribution in [2.75, 3.05) is 6.61 Å². The van der Waals surface area contributed by atoms with Crippen molar-refractivity contribution in [2.45, 2.75) is 13.3 Å². The number of hydrogen-bond donors (Lipinski definition) is 0. The van der Waals surface area contributed by atoms with Crippen LogP contribution in [0.15, 0.2) is 30.3 Å². The zero-order valence-corrected chi connectivity index (χ0v) is 8.33. The van der Waals surface area contributed by atoms with Gasteiger partial charge in [0.1, 0.15) is 0 Å². The molecule has 2 heteroatoms. The van der Waals surface area contributed by atoms with Gasteiger partial charge < -0.3 is 4.43 Å². The van der Waals surface area contributed by atoms with Crippen LogP contribution in [0.3, 0.4) is 0 Å². The van der Waals surface area contributed by atoms with Crippen molar-refractivity contribution in [3.8, 4) is 0 Å². The maximum absolute atomic E-state index is 5.51. The fourth-order valence-electron chi connectivity index (χ4n) is 0.909. The van der Waals surface area contributed by atoms with Crippen LogP contribution in [0.2, 0.25) is 0 Å². The Morgan fingerprint density at radius 3 is 2.64 bits per heavy atom. The van der Waals surface area contributed by atoms with Crippen LogP contribution in [0.25, 0.3) is 0 Å². The average molecular weight is 166 g/mol. The molecule has 0 aliphatic heterocycles. The Bertz CT molecular complexity index is 186. The van der Waals surface area contributed by atoms with Gasteiger partial charge in [-0.1, -0.05) is 37.3 Å². The molecule has 1 aromatic rings. The quantitative estimate of drug-likeness (QED) is 0.475. The number of benzene rings is 1. The van der Waals surface area contributed by atoms with Crippen LogP contribution >= 0.6 is 0 Å². The Balaban J connectivity index is 2.28. The first kappa shape index (κ1) is 8.49. The summed E-state index contributed by atoms with van der Waals surface area (Å²) in [5.41, 5.74) is 0.